The highest BCUT2D eigenvalue weighted by atomic mass is 16.1. The predicted octanol–water partition coefficient (Wildman–Crippen LogP) is 1.94. The highest BCUT2D eigenvalue weighted by Crippen LogP contribution is 2.14. The molecule has 4 heteroatoms. The molecule has 0 saturated heterocycles. The van der Waals surface area contributed by atoms with Gasteiger partial charge in [0, 0.05) is 18.0 Å². The molecule has 86 valence electrons. The van der Waals surface area contributed by atoms with Gasteiger partial charge in [-0.15, -0.1) is 0 Å². The second-order valence-corrected chi connectivity index (χ2v) is 3.71. The quantitative estimate of drug-likeness (QED) is 0.825. The molecule has 0 saturated carbocycles. The number of hydrogen-bond acceptors (Lipinski definition) is 2. The molecule has 2 N–H and O–H groups in total. The number of benzene rings is 1. The van der Waals surface area contributed by atoms with Crippen molar-refractivity contribution in [3.63, 3.8) is 0 Å². The highest BCUT2D eigenvalue weighted by Gasteiger charge is 2.06. The molecule has 0 spiro atoms. The summed E-state index contributed by atoms with van der Waals surface area (Å²) in [6.07, 6.45) is 1.40. The molecule has 17 heavy (non-hydrogen) atoms. The first-order valence-electron chi connectivity index (χ1n) is 5.22. The molecule has 0 aliphatic carbocycles. The summed E-state index contributed by atoms with van der Waals surface area (Å²) < 4.78 is 0. The lowest BCUT2D eigenvalue weighted by molar-refractivity contribution is 0.102. The van der Waals surface area contributed by atoms with E-state index in [1.807, 2.05) is 31.2 Å². The van der Waals surface area contributed by atoms with Crippen LogP contribution in [0.5, 0.6) is 0 Å². The Kier molecular flexibility index (Phi) is 3.05. The zero-order chi connectivity index (χ0) is 12.3. The molecule has 0 atom stereocenters. The molecule has 0 aliphatic rings. The van der Waals surface area contributed by atoms with Crippen molar-refractivity contribution in [3.8, 4) is 0 Å². The number of pyridine rings is 1. The van der Waals surface area contributed by atoms with E-state index in [1.165, 1.54) is 18.3 Å². The van der Waals surface area contributed by atoms with Crippen molar-refractivity contribution in [1.29, 1.82) is 0 Å². The van der Waals surface area contributed by atoms with Crippen LogP contribution >= 0.6 is 0 Å². The maximum atomic E-state index is 11.8. The van der Waals surface area contributed by atoms with Gasteiger partial charge in [-0.1, -0.05) is 18.2 Å². The number of aromatic amines is 1. The van der Waals surface area contributed by atoms with Crippen LogP contribution in [-0.2, 0) is 0 Å². The van der Waals surface area contributed by atoms with Crippen molar-refractivity contribution in [3.05, 3.63) is 64.1 Å². The molecule has 4 nitrogen and oxygen atoms in total. The number of anilines is 1. The molecule has 0 unspecified atom stereocenters. The van der Waals surface area contributed by atoms with Crippen LogP contribution in [0.25, 0.3) is 0 Å². The van der Waals surface area contributed by atoms with Crippen LogP contribution in [0, 0.1) is 6.92 Å². The number of carbonyl (C=O) groups is 1. The average Bonchev–Trinajstić information content (AvgIpc) is 2.33. The molecule has 1 heterocycles. The highest BCUT2D eigenvalue weighted by molar-refractivity contribution is 6.04. The van der Waals surface area contributed by atoms with Crippen LogP contribution < -0.4 is 10.9 Å². The normalized spacial score (nSPS) is 9.94. The first kappa shape index (κ1) is 11.1. The van der Waals surface area contributed by atoms with Crippen molar-refractivity contribution in [1.82, 2.24) is 4.98 Å². The first-order valence-corrected chi connectivity index (χ1v) is 5.22. The molecule has 0 fully saturated rings. The van der Waals surface area contributed by atoms with E-state index in [4.69, 9.17) is 0 Å². The average molecular weight is 228 g/mol. The molecule has 0 aliphatic heterocycles. The van der Waals surface area contributed by atoms with Gasteiger partial charge in [0.1, 0.15) is 0 Å². The van der Waals surface area contributed by atoms with Crippen molar-refractivity contribution >= 4 is 11.6 Å². The van der Waals surface area contributed by atoms with Crippen LogP contribution in [0.4, 0.5) is 5.69 Å². The summed E-state index contributed by atoms with van der Waals surface area (Å²) in [5, 5.41) is 2.78. The minimum absolute atomic E-state index is 0.225. The minimum Gasteiger partial charge on any atom is -0.328 e. The van der Waals surface area contributed by atoms with Crippen LogP contribution in [0.2, 0.25) is 0 Å². The topological polar surface area (TPSA) is 62.0 Å². The molecule has 0 bridgehead atoms. The Morgan fingerprint density at radius 2 is 1.94 bits per heavy atom. The standard InChI is InChI=1S/C13H12N2O2/c1-9-4-2-3-5-11(9)15-13(17)10-6-7-12(16)14-8-10/h2-8H,1H3,(H,14,16)(H,15,17). The van der Waals surface area contributed by atoms with Crippen LogP contribution in [0.1, 0.15) is 15.9 Å². The van der Waals surface area contributed by atoms with Gasteiger partial charge in [0.2, 0.25) is 5.56 Å². The van der Waals surface area contributed by atoms with Crippen molar-refractivity contribution in [2.45, 2.75) is 6.92 Å². The second kappa shape index (κ2) is 4.65. The Bertz CT molecular complexity index is 582. The van der Waals surface area contributed by atoms with Crippen LogP contribution in [-0.4, -0.2) is 10.9 Å². The number of carbonyl (C=O) groups excluding carboxylic acids is 1. The van der Waals surface area contributed by atoms with Crippen LogP contribution in [0.3, 0.4) is 0 Å². The van der Waals surface area contributed by atoms with Crippen molar-refractivity contribution in [2.75, 3.05) is 5.32 Å². The molecule has 1 aromatic heterocycles. The van der Waals surface area contributed by atoms with E-state index < -0.39 is 0 Å². The Morgan fingerprint density at radius 3 is 2.59 bits per heavy atom. The van der Waals surface area contributed by atoms with Gasteiger partial charge in [-0.3, -0.25) is 9.59 Å². The third-order valence-corrected chi connectivity index (χ3v) is 2.44. The fraction of sp³-hybridized carbons (Fsp3) is 0.0769. The van der Waals surface area contributed by atoms with E-state index in [0.29, 0.717) is 5.56 Å². The number of rotatable bonds is 2. The fourth-order valence-corrected chi connectivity index (χ4v) is 1.46. The molecule has 1 aromatic carbocycles. The van der Waals surface area contributed by atoms with Gasteiger partial charge in [0.25, 0.3) is 5.91 Å². The summed E-state index contributed by atoms with van der Waals surface area (Å²) >= 11 is 0. The summed E-state index contributed by atoms with van der Waals surface area (Å²) in [6, 6.07) is 10.3. The minimum atomic E-state index is -0.240. The summed E-state index contributed by atoms with van der Waals surface area (Å²) in [6.45, 7) is 1.92. The molecular formula is C13H12N2O2. The number of nitrogens with one attached hydrogen (secondary N) is 2. The monoisotopic (exact) mass is 228 g/mol. The van der Waals surface area contributed by atoms with E-state index in [0.717, 1.165) is 11.3 Å². The number of amides is 1. The van der Waals surface area contributed by atoms with Crippen molar-refractivity contribution in [2.24, 2.45) is 0 Å². The number of H-pyrrole nitrogens is 1. The van der Waals surface area contributed by atoms with E-state index in [-0.39, 0.29) is 11.5 Å². The molecule has 2 rings (SSSR count). The van der Waals surface area contributed by atoms with Gasteiger partial charge in [-0.2, -0.15) is 0 Å². The zero-order valence-corrected chi connectivity index (χ0v) is 9.36. The Balaban J connectivity index is 2.20. The lowest BCUT2D eigenvalue weighted by Crippen LogP contribution is -2.15. The smallest absolute Gasteiger partial charge is 0.257 e. The summed E-state index contributed by atoms with van der Waals surface area (Å²) in [7, 11) is 0. The second-order valence-electron chi connectivity index (χ2n) is 3.71. The number of para-hydroxylation sites is 1. The third kappa shape index (κ3) is 2.60. The zero-order valence-electron chi connectivity index (χ0n) is 9.36. The van der Waals surface area contributed by atoms with Gasteiger partial charge in [0.15, 0.2) is 0 Å². The molecule has 1 amide bonds. The first-order chi connectivity index (χ1) is 8.16. The summed E-state index contributed by atoms with van der Waals surface area (Å²) in [5.74, 6) is -0.240. The van der Waals surface area contributed by atoms with E-state index >= 15 is 0 Å². The largest absolute Gasteiger partial charge is 0.328 e. The van der Waals surface area contributed by atoms with Gasteiger partial charge >= 0.3 is 0 Å². The third-order valence-electron chi connectivity index (χ3n) is 2.44. The Morgan fingerprint density at radius 1 is 1.18 bits per heavy atom. The van der Waals surface area contributed by atoms with Gasteiger partial charge in [0.05, 0.1) is 5.56 Å². The van der Waals surface area contributed by atoms with Gasteiger partial charge in [-0.25, -0.2) is 0 Å². The fourth-order valence-electron chi connectivity index (χ4n) is 1.46. The Labute approximate surface area is 98.3 Å². The predicted molar refractivity (Wildman–Crippen MR) is 66.2 cm³/mol. The van der Waals surface area contributed by atoms with Gasteiger partial charge < -0.3 is 10.3 Å². The number of hydrogen-bond donors (Lipinski definition) is 2. The molecular weight excluding hydrogens is 216 g/mol. The number of aromatic nitrogens is 1. The lowest BCUT2D eigenvalue weighted by Gasteiger charge is -2.07. The number of aryl methyl sites for hydroxylation is 1. The SMILES string of the molecule is Cc1ccccc1NC(=O)c1ccc(=O)[nH]c1. The van der Waals surface area contributed by atoms with Gasteiger partial charge in [-0.05, 0) is 24.6 Å². The lowest BCUT2D eigenvalue weighted by atomic mass is 10.2. The summed E-state index contributed by atoms with van der Waals surface area (Å²) in [5.41, 5.74) is 1.96. The summed E-state index contributed by atoms with van der Waals surface area (Å²) in [4.78, 5) is 25.2. The van der Waals surface area contributed by atoms with E-state index in [1.54, 1.807) is 0 Å². The van der Waals surface area contributed by atoms with E-state index in [9.17, 15) is 9.59 Å². The molecule has 0 radical (unpaired) electrons. The molecule has 2 aromatic rings. The Hall–Kier alpha value is -2.36. The maximum absolute atomic E-state index is 11.8. The van der Waals surface area contributed by atoms with Crippen molar-refractivity contribution < 1.29 is 4.79 Å². The van der Waals surface area contributed by atoms with Crippen LogP contribution in [0.15, 0.2) is 47.4 Å². The maximum Gasteiger partial charge on any atom is 0.257 e. The van der Waals surface area contributed by atoms with E-state index in [2.05, 4.69) is 10.3 Å².